The zero-order valence-electron chi connectivity index (χ0n) is 16.8. The zero-order chi connectivity index (χ0) is 22.7. The molecule has 12 heteroatoms. The second-order valence-electron chi connectivity index (χ2n) is 6.76. The molecule has 0 radical (unpaired) electrons. The van der Waals surface area contributed by atoms with E-state index in [-0.39, 0.29) is 5.13 Å². The maximum Gasteiger partial charge on any atom is 0.266 e. The lowest BCUT2D eigenvalue weighted by molar-refractivity contribution is 0.570. The molecule has 0 aliphatic rings. The maximum atomic E-state index is 14.6. The molecular formula is C20H18ClFN6O2S2. The largest absolute Gasteiger partial charge is 0.339 e. The third kappa shape index (κ3) is 5.23. The summed E-state index contributed by atoms with van der Waals surface area (Å²) in [6, 6.07) is 12.9. The van der Waals surface area contributed by atoms with Crippen LogP contribution in [0.15, 0.2) is 59.6 Å². The Balaban J connectivity index is 1.45. The quantitative estimate of drug-likeness (QED) is 0.370. The van der Waals surface area contributed by atoms with Gasteiger partial charge in [-0.25, -0.2) is 12.8 Å². The molecule has 0 saturated heterocycles. The monoisotopic (exact) mass is 492 g/mol. The third-order valence-electron chi connectivity index (χ3n) is 4.38. The molecule has 4 aromatic rings. The Labute approximate surface area is 193 Å². The lowest BCUT2D eigenvalue weighted by Crippen LogP contribution is -2.14. The molecule has 0 fully saturated rings. The maximum absolute atomic E-state index is 14.6. The molecular weight excluding hydrogens is 475 g/mol. The van der Waals surface area contributed by atoms with Gasteiger partial charge in [0.2, 0.25) is 5.13 Å². The van der Waals surface area contributed by atoms with Gasteiger partial charge in [0.05, 0.1) is 6.54 Å². The van der Waals surface area contributed by atoms with Gasteiger partial charge in [-0.05, 0) is 42.3 Å². The molecule has 0 aliphatic carbocycles. The van der Waals surface area contributed by atoms with Gasteiger partial charge in [0, 0.05) is 23.0 Å². The molecule has 0 atom stereocenters. The minimum atomic E-state index is -4.14. The van der Waals surface area contributed by atoms with Crippen molar-refractivity contribution in [1.82, 2.24) is 20.0 Å². The number of hydrogen-bond acceptors (Lipinski definition) is 7. The summed E-state index contributed by atoms with van der Waals surface area (Å²) in [7, 11) is -4.14. The van der Waals surface area contributed by atoms with Crippen LogP contribution in [0.2, 0.25) is 5.02 Å². The van der Waals surface area contributed by atoms with Crippen molar-refractivity contribution in [3.8, 4) is 0 Å². The number of sulfonamides is 1. The standard InChI is InChI=1S/C20H18ClFN6O2S2/c1-2-19-24-25-20(31-19)27-32(29,30)17-8-7-15(11-16(17)22)23-18-9-10-28(26-18)12-13-3-5-14(21)6-4-13/h3-11H,2,12H2,1H3,(H,23,26)(H,25,27). The summed E-state index contributed by atoms with van der Waals surface area (Å²) >= 11 is 7.00. The second-order valence-corrected chi connectivity index (χ2v) is 9.90. The van der Waals surface area contributed by atoms with E-state index < -0.39 is 20.7 Å². The van der Waals surface area contributed by atoms with Crippen LogP contribution in [0.3, 0.4) is 0 Å². The van der Waals surface area contributed by atoms with Crippen LogP contribution in [0.25, 0.3) is 0 Å². The van der Waals surface area contributed by atoms with Crippen LogP contribution < -0.4 is 10.0 Å². The van der Waals surface area contributed by atoms with Crippen LogP contribution in [-0.4, -0.2) is 28.4 Å². The fourth-order valence-electron chi connectivity index (χ4n) is 2.85. The topological polar surface area (TPSA) is 102 Å². The summed E-state index contributed by atoms with van der Waals surface area (Å²) in [6.45, 7) is 2.42. The van der Waals surface area contributed by atoms with Gasteiger partial charge in [-0.3, -0.25) is 9.40 Å². The van der Waals surface area contributed by atoms with Crippen molar-refractivity contribution in [2.24, 2.45) is 0 Å². The van der Waals surface area contributed by atoms with Gasteiger partial charge >= 0.3 is 0 Å². The van der Waals surface area contributed by atoms with E-state index in [1.807, 2.05) is 19.1 Å². The summed E-state index contributed by atoms with van der Waals surface area (Å²) in [5.74, 6) is -0.406. The molecule has 0 amide bonds. The van der Waals surface area contributed by atoms with E-state index in [9.17, 15) is 12.8 Å². The molecule has 0 unspecified atom stereocenters. The zero-order valence-corrected chi connectivity index (χ0v) is 19.2. The van der Waals surface area contributed by atoms with E-state index in [0.717, 1.165) is 23.0 Å². The highest BCUT2D eigenvalue weighted by atomic mass is 35.5. The lowest BCUT2D eigenvalue weighted by atomic mass is 10.2. The summed E-state index contributed by atoms with van der Waals surface area (Å²) < 4.78 is 43.7. The van der Waals surface area contributed by atoms with Crippen LogP contribution in [-0.2, 0) is 23.0 Å². The average molecular weight is 493 g/mol. The van der Waals surface area contributed by atoms with Gasteiger partial charge in [0.15, 0.2) is 5.82 Å². The summed E-state index contributed by atoms with van der Waals surface area (Å²) in [4.78, 5) is -0.482. The van der Waals surface area contributed by atoms with E-state index >= 15 is 0 Å². The van der Waals surface area contributed by atoms with Crippen LogP contribution in [0.1, 0.15) is 17.5 Å². The number of hydrogen-bond donors (Lipinski definition) is 2. The Morgan fingerprint density at radius 2 is 1.91 bits per heavy atom. The Morgan fingerprint density at radius 1 is 1.12 bits per heavy atom. The van der Waals surface area contributed by atoms with Gasteiger partial charge in [0.1, 0.15) is 15.7 Å². The van der Waals surface area contributed by atoms with Crippen molar-refractivity contribution in [2.45, 2.75) is 24.8 Å². The molecule has 0 aliphatic heterocycles. The van der Waals surface area contributed by atoms with Gasteiger partial charge in [-0.1, -0.05) is 42.0 Å². The molecule has 166 valence electrons. The molecule has 2 aromatic heterocycles. The van der Waals surface area contributed by atoms with Crippen molar-refractivity contribution < 1.29 is 12.8 Å². The smallest absolute Gasteiger partial charge is 0.266 e. The third-order valence-corrected chi connectivity index (χ3v) is 7.12. The molecule has 0 spiro atoms. The molecule has 32 heavy (non-hydrogen) atoms. The molecule has 0 bridgehead atoms. The van der Waals surface area contributed by atoms with Crippen molar-refractivity contribution in [1.29, 1.82) is 0 Å². The van der Waals surface area contributed by atoms with Crippen LogP contribution >= 0.6 is 22.9 Å². The van der Waals surface area contributed by atoms with E-state index in [0.29, 0.717) is 34.5 Å². The number of aryl methyl sites for hydroxylation is 1. The number of anilines is 3. The van der Waals surface area contributed by atoms with Gasteiger partial charge in [-0.15, -0.1) is 10.2 Å². The molecule has 2 N–H and O–H groups in total. The lowest BCUT2D eigenvalue weighted by Gasteiger charge is -2.08. The molecule has 8 nitrogen and oxygen atoms in total. The summed E-state index contributed by atoms with van der Waals surface area (Å²) in [5, 5.41) is 16.4. The van der Waals surface area contributed by atoms with Crippen molar-refractivity contribution >= 4 is 49.6 Å². The fourth-order valence-corrected chi connectivity index (χ4v) is 4.94. The first-order chi connectivity index (χ1) is 15.3. The number of benzene rings is 2. The fraction of sp³-hybridized carbons (Fsp3) is 0.150. The summed E-state index contributed by atoms with van der Waals surface area (Å²) in [6.07, 6.45) is 2.41. The van der Waals surface area contributed by atoms with Crippen LogP contribution in [0.4, 0.5) is 21.0 Å². The van der Waals surface area contributed by atoms with Crippen molar-refractivity contribution in [2.75, 3.05) is 10.0 Å². The predicted octanol–water partition coefficient (Wildman–Crippen LogP) is 4.68. The van der Waals surface area contributed by atoms with Gasteiger partial charge < -0.3 is 5.32 Å². The molecule has 2 heterocycles. The van der Waals surface area contributed by atoms with E-state index in [1.54, 1.807) is 29.1 Å². The Hall–Kier alpha value is -3.02. The number of halogens is 2. The Morgan fingerprint density at radius 3 is 2.59 bits per heavy atom. The molecule has 4 rings (SSSR count). The highest BCUT2D eigenvalue weighted by Crippen LogP contribution is 2.25. The molecule has 2 aromatic carbocycles. The van der Waals surface area contributed by atoms with Crippen LogP contribution in [0, 0.1) is 5.82 Å². The van der Waals surface area contributed by atoms with E-state index in [2.05, 4.69) is 25.3 Å². The van der Waals surface area contributed by atoms with Crippen LogP contribution in [0.5, 0.6) is 0 Å². The van der Waals surface area contributed by atoms with Crippen molar-refractivity contribution in [3.05, 3.63) is 76.1 Å². The van der Waals surface area contributed by atoms with E-state index in [1.165, 1.54) is 12.1 Å². The Kier molecular flexibility index (Phi) is 6.40. The minimum Gasteiger partial charge on any atom is -0.339 e. The second kappa shape index (κ2) is 9.23. The average Bonchev–Trinajstić information content (AvgIpc) is 3.38. The molecule has 0 saturated carbocycles. The Bertz CT molecular complexity index is 1340. The first-order valence-corrected chi connectivity index (χ1v) is 12.2. The van der Waals surface area contributed by atoms with Gasteiger partial charge in [0.25, 0.3) is 10.0 Å². The highest BCUT2D eigenvalue weighted by Gasteiger charge is 2.21. The highest BCUT2D eigenvalue weighted by molar-refractivity contribution is 7.93. The number of nitrogens with zero attached hydrogens (tertiary/aromatic N) is 4. The summed E-state index contributed by atoms with van der Waals surface area (Å²) in [5.41, 5.74) is 1.39. The first kappa shape index (κ1) is 22.2. The van der Waals surface area contributed by atoms with E-state index in [4.69, 9.17) is 11.6 Å². The van der Waals surface area contributed by atoms with Gasteiger partial charge in [-0.2, -0.15) is 5.10 Å². The normalized spacial score (nSPS) is 11.5. The minimum absolute atomic E-state index is 0.0923. The number of aromatic nitrogens is 4. The number of rotatable bonds is 8. The number of nitrogens with one attached hydrogen (secondary N) is 2. The first-order valence-electron chi connectivity index (χ1n) is 9.52. The predicted molar refractivity (Wildman–Crippen MR) is 123 cm³/mol. The SMILES string of the molecule is CCc1nnc(NS(=O)(=O)c2ccc(Nc3ccn(Cc4ccc(Cl)cc4)n3)cc2F)s1. The van der Waals surface area contributed by atoms with Crippen molar-refractivity contribution in [3.63, 3.8) is 0 Å².